The molecule has 152 valence electrons. The number of alkyl halides is 3. The highest BCUT2D eigenvalue weighted by atomic mass is 19.4. The van der Waals surface area contributed by atoms with Crippen molar-refractivity contribution in [2.45, 2.75) is 25.4 Å². The summed E-state index contributed by atoms with van der Waals surface area (Å²) in [5, 5.41) is 0.696. The van der Waals surface area contributed by atoms with Crippen LogP contribution in [0, 0.1) is 5.92 Å². The molecule has 5 nitrogen and oxygen atoms in total. The van der Waals surface area contributed by atoms with E-state index in [4.69, 9.17) is 4.74 Å². The number of nitrogens with zero attached hydrogens (tertiary/aromatic N) is 4. The normalized spacial score (nSPS) is 20.0. The largest absolute Gasteiger partial charge is 0.393 e. The average Bonchev–Trinajstić information content (AvgIpc) is 2.68. The molecule has 0 radical (unpaired) electrons. The van der Waals surface area contributed by atoms with E-state index >= 15 is 0 Å². The zero-order valence-electron chi connectivity index (χ0n) is 15.8. The van der Waals surface area contributed by atoms with Crippen LogP contribution in [0.3, 0.4) is 0 Å². The summed E-state index contributed by atoms with van der Waals surface area (Å²) in [7, 11) is 0. The number of anilines is 1. The lowest BCUT2D eigenvalue weighted by Crippen LogP contribution is -2.48. The van der Waals surface area contributed by atoms with Gasteiger partial charge >= 0.3 is 6.18 Å². The quantitative estimate of drug-likeness (QED) is 0.796. The van der Waals surface area contributed by atoms with Crippen LogP contribution in [0.2, 0.25) is 0 Å². The number of benzene rings is 1. The lowest BCUT2D eigenvalue weighted by Gasteiger charge is -2.38. The molecule has 1 aromatic carbocycles. The molecule has 0 spiro atoms. The van der Waals surface area contributed by atoms with Crippen LogP contribution in [-0.4, -0.2) is 67.0 Å². The van der Waals surface area contributed by atoms with Gasteiger partial charge in [-0.25, -0.2) is 9.97 Å². The van der Waals surface area contributed by atoms with Gasteiger partial charge in [-0.15, -0.1) is 0 Å². The molecule has 2 aliphatic heterocycles. The number of hydrogen-bond donors (Lipinski definition) is 0. The standard InChI is InChI=1S/C20H25F3N4O/c21-20(22,23)12-16-1-2-18-17(11-16)19(25-14-24-18)27-7-5-26(6-8-27)13-15-3-9-28-10-4-15/h1-2,11,14-15H,3-10,12-13H2. The van der Waals surface area contributed by atoms with Gasteiger partial charge in [0.1, 0.15) is 12.1 Å². The van der Waals surface area contributed by atoms with E-state index in [9.17, 15) is 13.2 Å². The molecule has 0 unspecified atom stereocenters. The molecule has 2 aliphatic rings. The summed E-state index contributed by atoms with van der Waals surface area (Å²) in [6.07, 6.45) is -1.41. The maximum Gasteiger partial charge on any atom is 0.393 e. The number of ether oxygens (including phenoxy) is 1. The molecule has 2 fully saturated rings. The van der Waals surface area contributed by atoms with Crippen molar-refractivity contribution in [2.24, 2.45) is 5.92 Å². The van der Waals surface area contributed by atoms with Crippen LogP contribution in [-0.2, 0) is 11.2 Å². The van der Waals surface area contributed by atoms with Gasteiger partial charge in [-0.2, -0.15) is 13.2 Å². The van der Waals surface area contributed by atoms with Crippen LogP contribution in [0.1, 0.15) is 18.4 Å². The number of halogens is 3. The number of piperazine rings is 1. The van der Waals surface area contributed by atoms with Crippen molar-refractivity contribution in [1.29, 1.82) is 0 Å². The van der Waals surface area contributed by atoms with Crippen LogP contribution >= 0.6 is 0 Å². The molecule has 0 atom stereocenters. The Labute approximate surface area is 162 Å². The van der Waals surface area contributed by atoms with Gasteiger partial charge < -0.3 is 9.64 Å². The van der Waals surface area contributed by atoms with Crippen LogP contribution in [0.15, 0.2) is 24.5 Å². The smallest absolute Gasteiger partial charge is 0.381 e. The number of hydrogen-bond acceptors (Lipinski definition) is 5. The fraction of sp³-hybridized carbons (Fsp3) is 0.600. The molecule has 0 amide bonds. The molecule has 2 saturated heterocycles. The predicted octanol–water partition coefficient (Wildman–Crippen LogP) is 3.28. The fourth-order valence-corrected chi connectivity index (χ4v) is 4.12. The lowest BCUT2D eigenvalue weighted by atomic mass is 9.99. The highest BCUT2D eigenvalue weighted by Gasteiger charge is 2.28. The Hall–Kier alpha value is -1.93. The summed E-state index contributed by atoms with van der Waals surface area (Å²) in [6.45, 7) is 6.32. The second kappa shape index (κ2) is 8.21. The molecular formula is C20H25F3N4O. The highest BCUT2D eigenvalue weighted by molar-refractivity contribution is 5.89. The minimum Gasteiger partial charge on any atom is -0.381 e. The zero-order valence-corrected chi connectivity index (χ0v) is 15.8. The molecular weight excluding hydrogens is 369 g/mol. The second-order valence-electron chi connectivity index (χ2n) is 7.68. The lowest BCUT2D eigenvalue weighted by molar-refractivity contribution is -0.127. The first-order valence-electron chi connectivity index (χ1n) is 9.83. The second-order valence-corrected chi connectivity index (χ2v) is 7.68. The molecule has 8 heteroatoms. The number of rotatable bonds is 4. The zero-order chi connectivity index (χ0) is 19.6. The van der Waals surface area contributed by atoms with Crippen LogP contribution in [0.5, 0.6) is 0 Å². The molecule has 3 heterocycles. The van der Waals surface area contributed by atoms with E-state index in [2.05, 4.69) is 19.8 Å². The monoisotopic (exact) mass is 394 g/mol. The predicted molar refractivity (Wildman–Crippen MR) is 101 cm³/mol. The van der Waals surface area contributed by atoms with Crippen LogP contribution in [0.4, 0.5) is 19.0 Å². The summed E-state index contributed by atoms with van der Waals surface area (Å²) >= 11 is 0. The molecule has 2 aromatic rings. The Morgan fingerprint density at radius 1 is 1.04 bits per heavy atom. The van der Waals surface area contributed by atoms with E-state index in [1.807, 2.05) is 0 Å². The Morgan fingerprint density at radius 3 is 2.50 bits per heavy atom. The molecule has 0 N–H and O–H groups in total. The van der Waals surface area contributed by atoms with Crippen molar-refractivity contribution in [3.05, 3.63) is 30.1 Å². The summed E-state index contributed by atoms with van der Waals surface area (Å²) < 4.78 is 43.8. The first-order chi connectivity index (χ1) is 13.5. The summed E-state index contributed by atoms with van der Waals surface area (Å²) in [6, 6.07) is 4.74. The molecule has 0 bridgehead atoms. The van der Waals surface area contributed by atoms with Crippen molar-refractivity contribution >= 4 is 16.7 Å². The molecule has 0 saturated carbocycles. The van der Waals surface area contributed by atoms with E-state index < -0.39 is 12.6 Å². The average molecular weight is 394 g/mol. The van der Waals surface area contributed by atoms with Gasteiger partial charge in [0.2, 0.25) is 0 Å². The molecule has 0 aliphatic carbocycles. The highest BCUT2D eigenvalue weighted by Crippen LogP contribution is 2.28. The molecule has 28 heavy (non-hydrogen) atoms. The minimum absolute atomic E-state index is 0.245. The van der Waals surface area contributed by atoms with E-state index in [0.29, 0.717) is 16.8 Å². The van der Waals surface area contributed by atoms with Gasteiger partial charge in [-0.3, -0.25) is 4.90 Å². The first kappa shape index (κ1) is 19.4. The van der Waals surface area contributed by atoms with Crippen LogP contribution < -0.4 is 4.90 Å². The van der Waals surface area contributed by atoms with E-state index in [1.54, 1.807) is 12.1 Å². The SMILES string of the molecule is FC(F)(F)Cc1ccc2ncnc(N3CCN(CC4CCOCC4)CC3)c2c1. The summed E-state index contributed by atoms with van der Waals surface area (Å²) in [5.74, 6) is 1.44. The summed E-state index contributed by atoms with van der Waals surface area (Å²) in [4.78, 5) is 13.3. The summed E-state index contributed by atoms with van der Waals surface area (Å²) in [5.41, 5.74) is 0.926. The molecule has 4 rings (SSSR count). The third kappa shape index (κ3) is 4.72. The Bertz CT molecular complexity index is 800. The van der Waals surface area contributed by atoms with E-state index in [-0.39, 0.29) is 5.56 Å². The van der Waals surface area contributed by atoms with Crippen molar-refractivity contribution in [3.63, 3.8) is 0 Å². The fourth-order valence-electron chi connectivity index (χ4n) is 4.12. The maximum absolute atomic E-state index is 12.8. The van der Waals surface area contributed by atoms with E-state index in [1.165, 1.54) is 12.4 Å². The number of aromatic nitrogens is 2. The third-order valence-corrected chi connectivity index (χ3v) is 5.61. The first-order valence-corrected chi connectivity index (χ1v) is 9.83. The Kier molecular flexibility index (Phi) is 5.68. The van der Waals surface area contributed by atoms with Gasteiger partial charge in [0, 0.05) is 51.3 Å². The minimum atomic E-state index is -4.22. The van der Waals surface area contributed by atoms with Crippen molar-refractivity contribution in [3.8, 4) is 0 Å². The van der Waals surface area contributed by atoms with Gasteiger partial charge in [0.05, 0.1) is 11.9 Å². The Balaban J connectivity index is 1.46. The van der Waals surface area contributed by atoms with Gasteiger partial charge in [0.15, 0.2) is 0 Å². The van der Waals surface area contributed by atoms with Gasteiger partial charge in [-0.05, 0) is 36.5 Å². The maximum atomic E-state index is 12.8. The van der Waals surface area contributed by atoms with Crippen molar-refractivity contribution in [1.82, 2.24) is 14.9 Å². The molecule has 1 aromatic heterocycles. The van der Waals surface area contributed by atoms with Gasteiger partial charge in [0.25, 0.3) is 0 Å². The number of fused-ring (bicyclic) bond motifs is 1. The van der Waals surface area contributed by atoms with Gasteiger partial charge in [-0.1, -0.05) is 6.07 Å². The topological polar surface area (TPSA) is 41.5 Å². The van der Waals surface area contributed by atoms with E-state index in [0.717, 1.165) is 64.6 Å². The third-order valence-electron chi connectivity index (χ3n) is 5.61. The Morgan fingerprint density at radius 2 is 1.79 bits per heavy atom. The van der Waals surface area contributed by atoms with Crippen molar-refractivity contribution in [2.75, 3.05) is 50.8 Å². The van der Waals surface area contributed by atoms with Crippen molar-refractivity contribution < 1.29 is 17.9 Å². The van der Waals surface area contributed by atoms with Crippen LogP contribution in [0.25, 0.3) is 10.9 Å².